The Morgan fingerprint density at radius 3 is 1.97 bits per heavy atom. The van der Waals surface area contributed by atoms with Crippen molar-refractivity contribution < 1.29 is 13.2 Å². The van der Waals surface area contributed by atoms with Gasteiger partial charge >= 0.3 is 0 Å². The number of sulfonamides is 1. The van der Waals surface area contributed by atoms with E-state index in [0.29, 0.717) is 25.5 Å². The Morgan fingerprint density at radius 1 is 1.00 bits per heavy atom. The number of benzene rings is 2. The van der Waals surface area contributed by atoms with Crippen molar-refractivity contribution in [2.24, 2.45) is 4.99 Å². The minimum atomic E-state index is -3.43. The lowest BCUT2D eigenvalue weighted by molar-refractivity contribution is -0.117. The predicted octanol–water partition coefficient (Wildman–Crippen LogP) is 2.55. The van der Waals surface area contributed by atoms with Crippen LogP contribution in [0.1, 0.15) is 24.0 Å². The smallest absolute Gasteiger partial charge is 0.242 e. The maximum absolute atomic E-state index is 12.1. The number of nitrogens with zero attached hydrogens (tertiary/aromatic N) is 3. The highest BCUT2D eigenvalue weighted by atomic mass is 127. The van der Waals surface area contributed by atoms with Crippen molar-refractivity contribution in [2.45, 2.75) is 30.8 Å². The van der Waals surface area contributed by atoms with Gasteiger partial charge in [-0.2, -0.15) is 0 Å². The summed E-state index contributed by atoms with van der Waals surface area (Å²) in [5, 5.41) is 6.49. The molecular formula is C22H30IN5O3S. The van der Waals surface area contributed by atoms with Gasteiger partial charge in [0.15, 0.2) is 5.96 Å². The van der Waals surface area contributed by atoms with E-state index in [1.807, 2.05) is 29.2 Å². The SMILES string of the molecule is CN=C(NCc1ccc(N2CCCC2=O)cc1)NCc1ccc(S(=O)(=O)N(C)C)cc1.I. The Bertz CT molecular complexity index is 1040. The third kappa shape index (κ3) is 6.42. The molecule has 0 aliphatic carbocycles. The van der Waals surface area contributed by atoms with E-state index in [1.54, 1.807) is 31.3 Å². The zero-order valence-corrected chi connectivity index (χ0v) is 21.7. The van der Waals surface area contributed by atoms with Crippen molar-refractivity contribution in [3.8, 4) is 0 Å². The van der Waals surface area contributed by atoms with Crippen molar-refractivity contribution in [3.05, 3.63) is 59.7 Å². The molecule has 1 aliphatic rings. The Labute approximate surface area is 207 Å². The molecule has 0 unspecified atom stereocenters. The molecule has 1 heterocycles. The fourth-order valence-corrected chi connectivity index (χ4v) is 4.20. The van der Waals surface area contributed by atoms with Gasteiger partial charge in [0.25, 0.3) is 0 Å². The van der Waals surface area contributed by atoms with Crippen molar-refractivity contribution in [1.82, 2.24) is 14.9 Å². The number of anilines is 1. The number of hydrogen-bond donors (Lipinski definition) is 2. The minimum absolute atomic E-state index is 0. The number of rotatable bonds is 7. The lowest BCUT2D eigenvalue weighted by Gasteiger charge is -2.16. The number of carbonyl (C=O) groups is 1. The molecule has 2 aromatic rings. The maximum Gasteiger partial charge on any atom is 0.242 e. The first kappa shape index (κ1) is 26.1. The van der Waals surface area contributed by atoms with Crippen molar-refractivity contribution in [3.63, 3.8) is 0 Å². The molecule has 0 radical (unpaired) electrons. The van der Waals surface area contributed by atoms with Gasteiger partial charge in [0.05, 0.1) is 4.90 Å². The molecule has 3 rings (SSSR count). The average molecular weight is 571 g/mol. The number of aliphatic imine (C=N–C) groups is 1. The van der Waals surface area contributed by atoms with Gasteiger partial charge in [-0.25, -0.2) is 12.7 Å². The molecule has 0 atom stereocenters. The molecule has 10 heteroatoms. The zero-order valence-electron chi connectivity index (χ0n) is 18.5. The summed E-state index contributed by atoms with van der Waals surface area (Å²) >= 11 is 0. The van der Waals surface area contributed by atoms with Gasteiger partial charge in [-0.15, -0.1) is 24.0 Å². The molecule has 1 amide bonds. The second-order valence-electron chi connectivity index (χ2n) is 7.53. The van der Waals surface area contributed by atoms with Gasteiger partial charge in [0.1, 0.15) is 0 Å². The van der Waals surface area contributed by atoms with Gasteiger partial charge in [-0.3, -0.25) is 9.79 Å². The van der Waals surface area contributed by atoms with Crippen LogP contribution in [0, 0.1) is 0 Å². The third-order valence-electron chi connectivity index (χ3n) is 5.17. The van der Waals surface area contributed by atoms with Crippen LogP contribution in [0.3, 0.4) is 0 Å². The Hall–Kier alpha value is -2.18. The lowest BCUT2D eigenvalue weighted by atomic mass is 10.2. The average Bonchev–Trinajstić information content (AvgIpc) is 3.20. The summed E-state index contributed by atoms with van der Waals surface area (Å²) in [6.45, 7) is 1.89. The molecule has 1 saturated heterocycles. The Kier molecular flexibility index (Phi) is 9.47. The van der Waals surface area contributed by atoms with E-state index in [4.69, 9.17) is 0 Å². The summed E-state index contributed by atoms with van der Waals surface area (Å²) in [6, 6.07) is 14.7. The summed E-state index contributed by atoms with van der Waals surface area (Å²) in [6.07, 6.45) is 1.54. The van der Waals surface area contributed by atoms with E-state index in [0.717, 1.165) is 29.8 Å². The number of amides is 1. The topological polar surface area (TPSA) is 94.1 Å². The Morgan fingerprint density at radius 2 is 1.53 bits per heavy atom. The van der Waals surface area contributed by atoms with Crippen LogP contribution in [0.25, 0.3) is 0 Å². The third-order valence-corrected chi connectivity index (χ3v) is 7.00. The van der Waals surface area contributed by atoms with Crippen LogP contribution in [-0.2, 0) is 27.9 Å². The van der Waals surface area contributed by atoms with Crippen molar-refractivity contribution in [1.29, 1.82) is 0 Å². The van der Waals surface area contributed by atoms with Crippen molar-refractivity contribution in [2.75, 3.05) is 32.6 Å². The first-order valence-corrected chi connectivity index (χ1v) is 11.6. The fraction of sp³-hybridized carbons (Fsp3) is 0.364. The van der Waals surface area contributed by atoms with Crippen LogP contribution >= 0.6 is 24.0 Å². The van der Waals surface area contributed by atoms with Crippen molar-refractivity contribution >= 4 is 51.6 Å². The van der Waals surface area contributed by atoms with E-state index < -0.39 is 10.0 Å². The standard InChI is InChI=1S/C22H29N5O3S.HI/c1-23-22(25-16-18-8-12-20(13-9-18)31(29,30)26(2)3)24-15-17-6-10-19(11-7-17)27-14-4-5-21(27)28;/h6-13H,4-5,14-16H2,1-3H3,(H2,23,24,25);1H. The predicted molar refractivity (Wildman–Crippen MR) is 138 cm³/mol. The van der Waals surface area contributed by atoms with E-state index in [9.17, 15) is 13.2 Å². The van der Waals surface area contributed by atoms with Crippen LogP contribution < -0.4 is 15.5 Å². The van der Waals surface area contributed by atoms with Gasteiger partial charge in [0.2, 0.25) is 15.9 Å². The number of guanidine groups is 1. The fourth-order valence-electron chi connectivity index (χ4n) is 3.30. The molecule has 0 bridgehead atoms. The lowest BCUT2D eigenvalue weighted by Crippen LogP contribution is -2.36. The first-order chi connectivity index (χ1) is 14.8. The first-order valence-electron chi connectivity index (χ1n) is 10.2. The van der Waals surface area contributed by atoms with E-state index in [1.165, 1.54) is 18.4 Å². The van der Waals surface area contributed by atoms with Crippen LogP contribution in [-0.4, -0.2) is 52.3 Å². The normalized spacial score (nSPS) is 14.4. The highest BCUT2D eigenvalue weighted by Crippen LogP contribution is 2.21. The molecular weight excluding hydrogens is 541 g/mol. The summed E-state index contributed by atoms with van der Waals surface area (Å²) in [5.74, 6) is 0.826. The number of halogens is 1. The van der Waals surface area contributed by atoms with Gasteiger partial charge in [-0.05, 0) is 41.8 Å². The maximum atomic E-state index is 12.1. The molecule has 2 N–H and O–H groups in total. The quantitative estimate of drug-likeness (QED) is 0.303. The van der Waals surface area contributed by atoms with Crippen LogP contribution in [0.15, 0.2) is 58.4 Å². The molecule has 0 aromatic heterocycles. The molecule has 0 spiro atoms. The summed E-state index contributed by atoms with van der Waals surface area (Å²) < 4.78 is 25.5. The van der Waals surface area contributed by atoms with E-state index in [2.05, 4.69) is 15.6 Å². The van der Waals surface area contributed by atoms with Gasteiger partial charge < -0.3 is 15.5 Å². The summed E-state index contributed by atoms with van der Waals surface area (Å²) in [5.41, 5.74) is 2.96. The zero-order chi connectivity index (χ0) is 22.4. The molecule has 0 saturated carbocycles. The second-order valence-corrected chi connectivity index (χ2v) is 9.68. The van der Waals surface area contributed by atoms with Crippen LogP contribution in [0.5, 0.6) is 0 Å². The highest BCUT2D eigenvalue weighted by Gasteiger charge is 2.21. The largest absolute Gasteiger partial charge is 0.352 e. The highest BCUT2D eigenvalue weighted by molar-refractivity contribution is 14.0. The second kappa shape index (κ2) is 11.6. The summed E-state index contributed by atoms with van der Waals surface area (Å²) in [4.78, 5) is 18.2. The molecule has 8 nitrogen and oxygen atoms in total. The monoisotopic (exact) mass is 571 g/mol. The van der Waals surface area contributed by atoms with Crippen LogP contribution in [0.4, 0.5) is 5.69 Å². The molecule has 1 fully saturated rings. The van der Waals surface area contributed by atoms with E-state index in [-0.39, 0.29) is 34.8 Å². The summed E-state index contributed by atoms with van der Waals surface area (Å²) in [7, 11) is 1.30. The molecule has 1 aliphatic heterocycles. The Balaban J connectivity index is 0.00000363. The van der Waals surface area contributed by atoms with Crippen LogP contribution in [0.2, 0.25) is 0 Å². The molecule has 2 aromatic carbocycles. The van der Waals surface area contributed by atoms with Gasteiger partial charge in [-0.1, -0.05) is 24.3 Å². The molecule has 32 heavy (non-hydrogen) atoms. The molecule has 174 valence electrons. The minimum Gasteiger partial charge on any atom is -0.352 e. The van der Waals surface area contributed by atoms with E-state index >= 15 is 0 Å². The number of hydrogen-bond acceptors (Lipinski definition) is 4. The number of nitrogens with one attached hydrogen (secondary N) is 2. The van der Waals surface area contributed by atoms with Gasteiger partial charge in [0, 0.05) is 52.9 Å². The number of carbonyl (C=O) groups excluding carboxylic acids is 1.